The van der Waals surface area contributed by atoms with Gasteiger partial charge in [0.15, 0.2) is 5.69 Å². The third kappa shape index (κ3) is 4.65. The molecule has 1 aliphatic carbocycles. The highest BCUT2D eigenvalue weighted by atomic mass is 19.4. The zero-order chi connectivity index (χ0) is 21.8. The van der Waals surface area contributed by atoms with Crippen LogP contribution in [0.4, 0.5) is 51.1 Å². The fourth-order valence-electron chi connectivity index (χ4n) is 2.57. The second-order valence-corrected chi connectivity index (χ2v) is 6.32. The van der Waals surface area contributed by atoms with E-state index in [1.54, 1.807) is 0 Å². The Morgan fingerprint density at radius 1 is 0.828 bits per heavy atom. The normalized spacial score (nSPS) is 15.5. The second kappa shape index (κ2) is 6.66. The van der Waals surface area contributed by atoms with Crippen molar-refractivity contribution in [2.75, 3.05) is 5.32 Å². The maximum atomic E-state index is 13.0. The van der Waals surface area contributed by atoms with Gasteiger partial charge in [-0.15, -0.1) is 0 Å². The lowest BCUT2D eigenvalue weighted by molar-refractivity contribution is -0.143. The first-order valence-electron chi connectivity index (χ1n) is 7.93. The number of halogens is 9. The second-order valence-electron chi connectivity index (χ2n) is 6.32. The van der Waals surface area contributed by atoms with Gasteiger partial charge in [0, 0.05) is 17.8 Å². The Balaban J connectivity index is 2.14. The number of anilines is 2. The zero-order valence-electron chi connectivity index (χ0n) is 14.0. The lowest BCUT2D eigenvalue weighted by Gasteiger charge is -2.18. The molecule has 1 aromatic carbocycles. The first-order chi connectivity index (χ1) is 13.2. The van der Waals surface area contributed by atoms with Gasteiger partial charge in [0.05, 0.1) is 11.1 Å². The monoisotopic (exact) mass is 431 g/mol. The molecule has 1 aliphatic rings. The highest BCUT2D eigenvalue weighted by Crippen LogP contribution is 2.40. The SMILES string of the molecule is O=c1cc(C(F)(F)F)nc(Nc2cc(C(F)(F)F)cc(C(F)(F)F)c2)n1C1CC1. The molecule has 0 radical (unpaired) electrons. The maximum absolute atomic E-state index is 13.0. The first-order valence-corrected chi connectivity index (χ1v) is 7.93. The van der Waals surface area contributed by atoms with Gasteiger partial charge in [-0.3, -0.25) is 9.36 Å². The minimum absolute atomic E-state index is 0.126. The lowest BCUT2D eigenvalue weighted by Crippen LogP contribution is -2.26. The Morgan fingerprint density at radius 2 is 1.34 bits per heavy atom. The Morgan fingerprint density at radius 3 is 1.76 bits per heavy atom. The van der Waals surface area contributed by atoms with Crippen LogP contribution in [0.5, 0.6) is 0 Å². The van der Waals surface area contributed by atoms with E-state index in [2.05, 4.69) is 4.98 Å². The molecule has 1 fully saturated rings. The van der Waals surface area contributed by atoms with Crippen molar-refractivity contribution < 1.29 is 39.5 Å². The van der Waals surface area contributed by atoms with E-state index < -0.39 is 58.6 Å². The minimum Gasteiger partial charge on any atom is -0.325 e. The molecule has 0 aliphatic heterocycles. The molecule has 1 heterocycles. The molecular formula is C16H10F9N3O. The van der Waals surface area contributed by atoms with E-state index in [4.69, 9.17) is 0 Å². The molecular weight excluding hydrogens is 421 g/mol. The average Bonchev–Trinajstić information content (AvgIpc) is 3.36. The molecule has 0 atom stereocenters. The summed E-state index contributed by atoms with van der Waals surface area (Å²) in [5, 5.41) is 2.02. The van der Waals surface area contributed by atoms with Gasteiger partial charge in [-0.2, -0.15) is 39.5 Å². The number of aromatic nitrogens is 2. The van der Waals surface area contributed by atoms with Crippen LogP contribution in [0, 0.1) is 0 Å². The molecule has 0 saturated heterocycles. The van der Waals surface area contributed by atoms with Crippen LogP contribution >= 0.6 is 0 Å². The summed E-state index contributed by atoms with van der Waals surface area (Å²) < 4.78 is 117. The van der Waals surface area contributed by atoms with Gasteiger partial charge in [0.1, 0.15) is 0 Å². The summed E-state index contributed by atoms with van der Waals surface area (Å²) >= 11 is 0. The van der Waals surface area contributed by atoms with Gasteiger partial charge in [0.2, 0.25) is 5.95 Å². The fraction of sp³-hybridized carbons (Fsp3) is 0.375. The molecule has 0 amide bonds. The molecule has 13 heteroatoms. The van der Waals surface area contributed by atoms with Gasteiger partial charge in [-0.05, 0) is 31.0 Å². The van der Waals surface area contributed by atoms with Crippen molar-refractivity contribution in [1.29, 1.82) is 0 Å². The zero-order valence-corrected chi connectivity index (χ0v) is 14.0. The van der Waals surface area contributed by atoms with Gasteiger partial charge >= 0.3 is 18.5 Å². The standard InChI is InChI=1S/C16H10F9N3O/c17-14(18,19)7-3-8(15(20,21)22)5-9(4-7)26-13-27-11(16(23,24)25)6-12(29)28(13)10-1-2-10/h3-6,10H,1-2H2,(H,26,27). The molecule has 3 rings (SSSR count). The van der Waals surface area contributed by atoms with E-state index in [1.807, 2.05) is 5.32 Å². The van der Waals surface area contributed by atoms with Gasteiger partial charge in [-0.25, -0.2) is 4.98 Å². The molecule has 29 heavy (non-hydrogen) atoms. The molecule has 1 N–H and O–H groups in total. The summed E-state index contributed by atoms with van der Waals surface area (Å²) in [6, 6.07) is 0.125. The van der Waals surface area contributed by atoms with E-state index in [0.717, 1.165) is 4.57 Å². The lowest BCUT2D eigenvalue weighted by atomic mass is 10.1. The van der Waals surface area contributed by atoms with Crippen LogP contribution in [-0.4, -0.2) is 9.55 Å². The summed E-state index contributed by atoms with van der Waals surface area (Å²) in [6.45, 7) is 0. The topological polar surface area (TPSA) is 46.9 Å². The van der Waals surface area contributed by atoms with Gasteiger partial charge < -0.3 is 5.32 Å². The van der Waals surface area contributed by atoms with Crippen molar-refractivity contribution in [2.45, 2.75) is 37.4 Å². The predicted octanol–water partition coefficient (Wildman–Crippen LogP) is 5.38. The van der Waals surface area contributed by atoms with E-state index in [-0.39, 0.29) is 12.1 Å². The first kappa shape index (κ1) is 21.0. The van der Waals surface area contributed by atoms with Crippen molar-refractivity contribution in [3.63, 3.8) is 0 Å². The van der Waals surface area contributed by atoms with Crippen molar-refractivity contribution in [1.82, 2.24) is 9.55 Å². The van der Waals surface area contributed by atoms with Crippen LogP contribution < -0.4 is 10.9 Å². The Labute approximate surface area is 156 Å². The van der Waals surface area contributed by atoms with Crippen LogP contribution in [0.3, 0.4) is 0 Å². The smallest absolute Gasteiger partial charge is 0.325 e. The number of benzene rings is 1. The van der Waals surface area contributed by atoms with Crippen LogP contribution in [0.15, 0.2) is 29.1 Å². The summed E-state index contributed by atoms with van der Waals surface area (Å²) in [4.78, 5) is 15.3. The van der Waals surface area contributed by atoms with Gasteiger partial charge in [0.25, 0.3) is 5.56 Å². The van der Waals surface area contributed by atoms with Crippen LogP contribution in [-0.2, 0) is 18.5 Å². The summed E-state index contributed by atoms with van der Waals surface area (Å²) in [5.41, 5.74) is -6.89. The summed E-state index contributed by atoms with van der Waals surface area (Å²) in [6.07, 6.45) is -14.5. The summed E-state index contributed by atoms with van der Waals surface area (Å²) in [5.74, 6) is -0.792. The van der Waals surface area contributed by atoms with Crippen molar-refractivity contribution >= 4 is 11.6 Å². The number of hydrogen-bond acceptors (Lipinski definition) is 3. The van der Waals surface area contributed by atoms with Gasteiger partial charge in [-0.1, -0.05) is 0 Å². The quantitative estimate of drug-likeness (QED) is 0.665. The Kier molecular flexibility index (Phi) is 4.82. The molecule has 158 valence electrons. The predicted molar refractivity (Wildman–Crippen MR) is 81.5 cm³/mol. The van der Waals surface area contributed by atoms with Crippen molar-refractivity contribution in [3.05, 3.63) is 51.4 Å². The number of hydrogen-bond donors (Lipinski definition) is 1. The van der Waals surface area contributed by atoms with Crippen molar-refractivity contribution in [2.24, 2.45) is 0 Å². The molecule has 1 aromatic heterocycles. The van der Waals surface area contributed by atoms with E-state index in [0.29, 0.717) is 25.0 Å². The number of nitrogens with one attached hydrogen (secondary N) is 1. The number of alkyl halides is 9. The van der Waals surface area contributed by atoms with Crippen LogP contribution in [0.2, 0.25) is 0 Å². The van der Waals surface area contributed by atoms with Crippen LogP contribution in [0.25, 0.3) is 0 Å². The number of nitrogens with zero attached hydrogens (tertiary/aromatic N) is 2. The number of rotatable bonds is 3. The molecule has 0 bridgehead atoms. The third-order valence-electron chi connectivity index (χ3n) is 4.00. The molecule has 0 unspecified atom stereocenters. The van der Waals surface area contributed by atoms with Crippen LogP contribution in [0.1, 0.15) is 35.7 Å². The maximum Gasteiger partial charge on any atom is 0.433 e. The van der Waals surface area contributed by atoms with E-state index in [9.17, 15) is 44.3 Å². The Bertz CT molecular complexity index is 953. The van der Waals surface area contributed by atoms with Crippen molar-refractivity contribution in [3.8, 4) is 0 Å². The minimum atomic E-state index is -5.14. The van der Waals surface area contributed by atoms with E-state index >= 15 is 0 Å². The molecule has 2 aromatic rings. The highest BCUT2D eigenvalue weighted by molar-refractivity contribution is 5.58. The largest absolute Gasteiger partial charge is 0.433 e. The third-order valence-corrected chi connectivity index (χ3v) is 4.00. The van der Waals surface area contributed by atoms with E-state index in [1.165, 1.54) is 0 Å². The molecule has 1 saturated carbocycles. The highest BCUT2D eigenvalue weighted by Gasteiger charge is 2.38. The average molecular weight is 431 g/mol. The molecule has 4 nitrogen and oxygen atoms in total. The fourth-order valence-corrected chi connectivity index (χ4v) is 2.57. The Hall–Kier alpha value is -2.73. The summed E-state index contributed by atoms with van der Waals surface area (Å²) in [7, 11) is 0. The molecule has 0 spiro atoms.